The quantitative estimate of drug-likeness (QED) is 0.325. The second kappa shape index (κ2) is 10.3. The molecule has 1 aliphatic heterocycles. The van der Waals surface area contributed by atoms with Gasteiger partial charge in [-0.1, -0.05) is 12.6 Å². The summed E-state index contributed by atoms with van der Waals surface area (Å²) in [4.78, 5) is 22.1. The van der Waals surface area contributed by atoms with Gasteiger partial charge in [0.1, 0.15) is 35.6 Å². The smallest absolute Gasteiger partial charge is 0.246 e. The number of halogens is 2. The van der Waals surface area contributed by atoms with Gasteiger partial charge in [0, 0.05) is 17.0 Å². The topological polar surface area (TPSA) is 85.8 Å². The van der Waals surface area contributed by atoms with Crippen molar-refractivity contribution >= 4 is 28.3 Å². The van der Waals surface area contributed by atoms with Crippen LogP contribution >= 0.6 is 0 Å². The molecule has 0 saturated carbocycles. The predicted octanol–water partition coefficient (Wildman–Crippen LogP) is 5.11. The van der Waals surface area contributed by atoms with Crippen molar-refractivity contribution in [1.82, 2.24) is 14.9 Å². The molecule has 38 heavy (non-hydrogen) atoms. The van der Waals surface area contributed by atoms with E-state index >= 15 is 0 Å². The second-order valence-electron chi connectivity index (χ2n) is 8.59. The Morgan fingerprint density at radius 2 is 1.82 bits per heavy atom. The fourth-order valence-corrected chi connectivity index (χ4v) is 4.24. The Morgan fingerprint density at radius 3 is 2.55 bits per heavy atom. The minimum atomic E-state index is -0.548. The summed E-state index contributed by atoms with van der Waals surface area (Å²) in [5.74, 6) is 0.627. The van der Waals surface area contributed by atoms with Crippen LogP contribution in [0.1, 0.15) is 0 Å². The Bertz CT molecular complexity index is 1540. The van der Waals surface area contributed by atoms with Gasteiger partial charge in [-0.05, 0) is 48.0 Å². The Morgan fingerprint density at radius 1 is 1.03 bits per heavy atom. The van der Waals surface area contributed by atoms with Crippen molar-refractivity contribution in [2.75, 3.05) is 32.6 Å². The zero-order valence-corrected chi connectivity index (χ0v) is 20.7. The van der Waals surface area contributed by atoms with E-state index in [0.717, 1.165) is 18.2 Å². The Kier molecular flexibility index (Phi) is 6.78. The van der Waals surface area contributed by atoms with E-state index in [1.54, 1.807) is 35.2 Å². The first kappa shape index (κ1) is 24.9. The van der Waals surface area contributed by atoms with E-state index in [0.29, 0.717) is 58.3 Å². The zero-order valence-electron chi connectivity index (χ0n) is 20.7. The lowest BCUT2D eigenvalue weighted by Crippen LogP contribution is -2.55. The van der Waals surface area contributed by atoms with Gasteiger partial charge < -0.3 is 24.4 Å². The average molecular weight is 519 g/mol. The number of methoxy groups -OCH3 is 2. The molecular formula is C28H24F2N4O4. The van der Waals surface area contributed by atoms with Gasteiger partial charge in [-0.2, -0.15) is 0 Å². The summed E-state index contributed by atoms with van der Waals surface area (Å²) in [7, 11) is 3.04. The van der Waals surface area contributed by atoms with Crippen LogP contribution in [0.3, 0.4) is 0 Å². The zero-order chi connectivity index (χ0) is 26.8. The lowest BCUT2D eigenvalue weighted by molar-refractivity contribution is -0.134. The molecule has 3 aromatic carbocycles. The number of likely N-dealkylation sites (tertiary alicyclic amines) is 1. The van der Waals surface area contributed by atoms with Crippen LogP contribution in [0.25, 0.3) is 22.0 Å². The summed E-state index contributed by atoms with van der Waals surface area (Å²) in [6.07, 6.45) is 2.47. The molecular weight excluding hydrogens is 494 g/mol. The molecule has 0 spiro atoms. The highest BCUT2D eigenvalue weighted by atomic mass is 19.1. The number of nitrogens with zero attached hydrogens (tertiary/aromatic N) is 3. The highest BCUT2D eigenvalue weighted by Crippen LogP contribution is 2.38. The summed E-state index contributed by atoms with van der Waals surface area (Å²) in [6.45, 7) is 4.37. The Labute approximate surface area is 217 Å². The van der Waals surface area contributed by atoms with Crippen LogP contribution in [0, 0.1) is 11.6 Å². The van der Waals surface area contributed by atoms with E-state index in [2.05, 4.69) is 21.9 Å². The third-order valence-corrected chi connectivity index (χ3v) is 6.24. The van der Waals surface area contributed by atoms with Crippen molar-refractivity contribution in [3.8, 4) is 28.4 Å². The third-order valence-electron chi connectivity index (χ3n) is 6.24. The molecule has 1 saturated heterocycles. The van der Waals surface area contributed by atoms with Crippen LogP contribution in [0.5, 0.6) is 17.2 Å². The number of anilines is 2. The van der Waals surface area contributed by atoms with Crippen molar-refractivity contribution in [1.29, 1.82) is 0 Å². The number of fused-ring (bicyclic) bond motifs is 1. The molecule has 5 rings (SSSR count). The summed E-state index contributed by atoms with van der Waals surface area (Å²) < 4.78 is 45.4. The normalized spacial score (nSPS) is 13.1. The number of carbonyl (C=O) groups is 1. The lowest BCUT2D eigenvalue weighted by atomic mass is 10.0. The van der Waals surface area contributed by atoms with Gasteiger partial charge >= 0.3 is 0 Å². The van der Waals surface area contributed by atoms with Crippen molar-refractivity contribution < 1.29 is 27.8 Å². The van der Waals surface area contributed by atoms with Crippen molar-refractivity contribution in [2.45, 2.75) is 6.10 Å². The SMILES string of the molecule is C=CC(=O)N1CC(Oc2cc3c(Nc4cc(-c5cc(F)ccc5F)ccc4OC)ncnc3cc2OC)C1. The van der Waals surface area contributed by atoms with Crippen LogP contribution in [0.2, 0.25) is 0 Å². The summed E-state index contributed by atoms with van der Waals surface area (Å²) >= 11 is 0. The van der Waals surface area contributed by atoms with Gasteiger partial charge in [0.15, 0.2) is 11.5 Å². The maximum atomic E-state index is 14.5. The van der Waals surface area contributed by atoms with Gasteiger partial charge in [0.2, 0.25) is 5.91 Å². The minimum Gasteiger partial charge on any atom is -0.495 e. The number of hydrogen-bond donors (Lipinski definition) is 1. The molecule has 1 aromatic heterocycles. The first-order valence-corrected chi connectivity index (χ1v) is 11.7. The molecule has 1 amide bonds. The number of aromatic nitrogens is 2. The Balaban J connectivity index is 1.49. The molecule has 2 heterocycles. The molecule has 1 fully saturated rings. The molecule has 194 valence electrons. The number of carbonyl (C=O) groups excluding carboxylic acids is 1. The highest BCUT2D eigenvalue weighted by Gasteiger charge is 2.31. The standard InChI is InChI=1S/C28H24F2N4O4/c1-4-27(35)34-13-18(14-34)38-26-11-20-22(12-25(26)37-3)31-15-32-28(20)33-23-9-16(5-8-24(23)36-2)19-10-17(29)6-7-21(19)30/h4-12,15,18H,1,13-14H2,2-3H3,(H,31,32,33). The molecule has 0 radical (unpaired) electrons. The van der Waals surface area contributed by atoms with Crippen molar-refractivity contribution in [3.63, 3.8) is 0 Å². The van der Waals surface area contributed by atoms with E-state index in [1.807, 2.05) is 0 Å². The summed E-state index contributed by atoms with van der Waals surface area (Å²) in [5.41, 5.74) is 1.66. The van der Waals surface area contributed by atoms with E-state index in [4.69, 9.17) is 14.2 Å². The Hall–Kier alpha value is -4.73. The molecule has 8 nitrogen and oxygen atoms in total. The van der Waals surface area contributed by atoms with Gasteiger partial charge in [0.25, 0.3) is 0 Å². The lowest BCUT2D eigenvalue weighted by Gasteiger charge is -2.38. The molecule has 1 aliphatic rings. The summed E-state index contributed by atoms with van der Waals surface area (Å²) in [6, 6.07) is 11.8. The third kappa shape index (κ3) is 4.80. The van der Waals surface area contributed by atoms with Gasteiger partial charge in [-0.3, -0.25) is 4.79 Å². The first-order chi connectivity index (χ1) is 18.4. The van der Waals surface area contributed by atoms with E-state index < -0.39 is 11.6 Å². The van der Waals surface area contributed by atoms with Crippen molar-refractivity contribution in [3.05, 3.63) is 79.1 Å². The maximum absolute atomic E-state index is 14.5. The number of benzene rings is 3. The number of nitrogens with one attached hydrogen (secondary N) is 1. The number of ether oxygens (including phenoxy) is 3. The monoisotopic (exact) mass is 518 g/mol. The van der Waals surface area contributed by atoms with Crippen molar-refractivity contribution in [2.24, 2.45) is 0 Å². The van der Waals surface area contributed by atoms with E-state index in [-0.39, 0.29) is 17.6 Å². The predicted molar refractivity (Wildman–Crippen MR) is 139 cm³/mol. The highest BCUT2D eigenvalue weighted by molar-refractivity contribution is 5.94. The van der Waals surface area contributed by atoms with E-state index in [1.165, 1.54) is 26.6 Å². The average Bonchev–Trinajstić information content (AvgIpc) is 2.91. The molecule has 1 N–H and O–H groups in total. The molecule has 0 aliphatic carbocycles. The van der Waals surface area contributed by atoms with Crippen LogP contribution in [0.15, 0.2) is 67.5 Å². The molecule has 0 atom stereocenters. The fraction of sp³-hybridized carbons (Fsp3) is 0.179. The summed E-state index contributed by atoms with van der Waals surface area (Å²) in [5, 5.41) is 3.86. The van der Waals surface area contributed by atoms with Gasteiger partial charge in [-0.15, -0.1) is 0 Å². The number of hydrogen-bond acceptors (Lipinski definition) is 7. The van der Waals surface area contributed by atoms with Crippen LogP contribution in [-0.4, -0.2) is 54.2 Å². The van der Waals surface area contributed by atoms with Crippen LogP contribution in [-0.2, 0) is 4.79 Å². The molecule has 0 unspecified atom stereocenters. The second-order valence-corrected chi connectivity index (χ2v) is 8.59. The number of amides is 1. The van der Waals surface area contributed by atoms with Crippen LogP contribution in [0.4, 0.5) is 20.3 Å². The fourth-order valence-electron chi connectivity index (χ4n) is 4.24. The van der Waals surface area contributed by atoms with Crippen LogP contribution < -0.4 is 19.5 Å². The molecule has 4 aromatic rings. The minimum absolute atomic E-state index is 0.119. The van der Waals surface area contributed by atoms with Gasteiger partial charge in [0.05, 0.1) is 38.5 Å². The molecule has 0 bridgehead atoms. The first-order valence-electron chi connectivity index (χ1n) is 11.7. The van der Waals surface area contributed by atoms with Gasteiger partial charge in [-0.25, -0.2) is 18.7 Å². The maximum Gasteiger partial charge on any atom is 0.246 e. The number of rotatable bonds is 8. The largest absolute Gasteiger partial charge is 0.495 e. The van der Waals surface area contributed by atoms with E-state index in [9.17, 15) is 13.6 Å². The molecule has 10 heteroatoms.